The highest BCUT2D eigenvalue weighted by Crippen LogP contribution is 2.38. The standard InChI is InChI=1S/C19H11F6NO2S/c20-18(21,22)11-7-12(19(23,24)25)9-13(8-11)26-17(28)14-6-10(3-4-15(14)27)16-2-1-5-29-16/h1-9,27H,(H,26,28). The first kappa shape index (κ1) is 20.7. The third kappa shape index (κ3) is 4.70. The monoisotopic (exact) mass is 431 g/mol. The fourth-order valence-electron chi connectivity index (χ4n) is 2.54. The average Bonchev–Trinajstić information content (AvgIpc) is 3.15. The number of benzene rings is 2. The second-order valence-electron chi connectivity index (χ2n) is 5.96. The van der Waals surface area contributed by atoms with Crippen molar-refractivity contribution >= 4 is 22.9 Å². The van der Waals surface area contributed by atoms with Crippen molar-refractivity contribution in [1.29, 1.82) is 0 Å². The molecule has 29 heavy (non-hydrogen) atoms. The van der Waals surface area contributed by atoms with E-state index in [1.54, 1.807) is 17.5 Å². The first-order chi connectivity index (χ1) is 13.4. The molecule has 1 heterocycles. The molecule has 0 atom stereocenters. The van der Waals surface area contributed by atoms with Gasteiger partial charge in [-0.1, -0.05) is 6.07 Å². The molecule has 0 aliphatic heterocycles. The summed E-state index contributed by atoms with van der Waals surface area (Å²) >= 11 is 1.35. The molecule has 0 radical (unpaired) electrons. The highest BCUT2D eigenvalue weighted by atomic mass is 32.1. The normalized spacial score (nSPS) is 12.1. The van der Waals surface area contributed by atoms with Gasteiger partial charge in [0, 0.05) is 10.6 Å². The van der Waals surface area contributed by atoms with Crippen molar-refractivity contribution in [3.05, 3.63) is 70.6 Å². The topological polar surface area (TPSA) is 49.3 Å². The maximum atomic E-state index is 13.0. The zero-order valence-electron chi connectivity index (χ0n) is 14.2. The molecule has 152 valence electrons. The van der Waals surface area contributed by atoms with Gasteiger partial charge in [0.25, 0.3) is 5.91 Å². The fraction of sp³-hybridized carbons (Fsp3) is 0.105. The summed E-state index contributed by atoms with van der Waals surface area (Å²) in [5.74, 6) is -1.51. The Morgan fingerprint density at radius 3 is 2.03 bits per heavy atom. The number of hydrogen-bond donors (Lipinski definition) is 2. The van der Waals surface area contributed by atoms with Crippen molar-refractivity contribution in [2.75, 3.05) is 5.32 Å². The van der Waals surface area contributed by atoms with Crippen LogP contribution in [0.4, 0.5) is 32.0 Å². The summed E-state index contributed by atoms with van der Waals surface area (Å²) in [4.78, 5) is 13.2. The molecule has 2 N–H and O–H groups in total. The summed E-state index contributed by atoms with van der Waals surface area (Å²) in [6.07, 6.45) is -10.1. The lowest BCUT2D eigenvalue weighted by molar-refractivity contribution is -0.143. The largest absolute Gasteiger partial charge is 0.507 e. The van der Waals surface area contributed by atoms with Crippen LogP contribution in [0.5, 0.6) is 5.75 Å². The van der Waals surface area contributed by atoms with Crippen LogP contribution in [0.25, 0.3) is 10.4 Å². The first-order valence-electron chi connectivity index (χ1n) is 7.93. The quantitative estimate of drug-likeness (QED) is 0.471. The van der Waals surface area contributed by atoms with Gasteiger partial charge in [-0.15, -0.1) is 11.3 Å². The van der Waals surface area contributed by atoms with E-state index in [-0.39, 0.29) is 11.6 Å². The summed E-state index contributed by atoms with van der Waals surface area (Å²) in [5, 5.41) is 13.7. The van der Waals surface area contributed by atoms with Crippen molar-refractivity contribution < 1.29 is 36.2 Å². The molecule has 0 spiro atoms. The molecule has 3 rings (SSSR count). The third-order valence-corrected chi connectivity index (χ3v) is 4.81. The molecule has 10 heteroatoms. The number of anilines is 1. The van der Waals surface area contributed by atoms with E-state index in [9.17, 15) is 36.2 Å². The summed E-state index contributed by atoms with van der Waals surface area (Å²) < 4.78 is 77.7. The molecule has 1 aromatic heterocycles. The van der Waals surface area contributed by atoms with Crippen molar-refractivity contribution in [1.82, 2.24) is 0 Å². The Morgan fingerprint density at radius 2 is 1.52 bits per heavy atom. The number of aromatic hydroxyl groups is 1. The van der Waals surface area contributed by atoms with Gasteiger partial charge < -0.3 is 10.4 Å². The molecule has 1 amide bonds. The number of phenolic OH excluding ortho intramolecular Hbond substituents is 1. The second kappa shape index (κ2) is 7.43. The van der Waals surface area contributed by atoms with Crippen LogP contribution in [0.1, 0.15) is 21.5 Å². The fourth-order valence-corrected chi connectivity index (χ4v) is 3.26. The Kier molecular flexibility index (Phi) is 5.31. The molecule has 0 bridgehead atoms. The molecule has 0 saturated heterocycles. The summed E-state index contributed by atoms with van der Waals surface area (Å²) in [6, 6.07) is 8.32. The number of hydrogen-bond acceptors (Lipinski definition) is 3. The number of amides is 1. The lowest BCUT2D eigenvalue weighted by Crippen LogP contribution is -2.16. The van der Waals surface area contributed by atoms with Gasteiger partial charge in [-0.3, -0.25) is 4.79 Å². The van der Waals surface area contributed by atoms with Gasteiger partial charge in [0.1, 0.15) is 5.75 Å². The maximum absolute atomic E-state index is 13.0. The Balaban J connectivity index is 1.98. The van der Waals surface area contributed by atoms with E-state index in [0.717, 1.165) is 4.88 Å². The van der Waals surface area contributed by atoms with Crippen LogP contribution in [-0.4, -0.2) is 11.0 Å². The highest BCUT2D eigenvalue weighted by Gasteiger charge is 2.37. The lowest BCUT2D eigenvalue weighted by Gasteiger charge is -2.15. The zero-order chi connectivity index (χ0) is 21.4. The minimum Gasteiger partial charge on any atom is -0.507 e. The molecule has 3 nitrogen and oxygen atoms in total. The Morgan fingerprint density at radius 1 is 0.897 bits per heavy atom. The molecular weight excluding hydrogens is 420 g/mol. The number of thiophene rings is 1. The van der Waals surface area contributed by atoms with Crippen molar-refractivity contribution in [2.45, 2.75) is 12.4 Å². The van der Waals surface area contributed by atoms with E-state index in [1.807, 2.05) is 5.32 Å². The van der Waals surface area contributed by atoms with E-state index in [2.05, 4.69) is 0 Å². The van der Waals surface area contributed by atoms with E-state index in [1.165, 1.54) is 29.5 Å². The van der Waals surface area contributed by atoms with E-state index in [4.69, 9.17) is 0 Å². The first-order valence-corrected chi connectivity index (χ1v) is 8.81. The van der Waals surface area contributed by atoms with Crippen molar-refractivity contribution in [3.63, 3.8) is 0 Å². The molecule has 0 unspecified atom stereocenters. The number of halogens is 6. The third-order valence-electron chi connectivity index (χ3n) is 3.89. The predicted octanol–water partition coefficient (Wildman–Crippen LogP) is 6.41. The minimum atomic E-state index is -5.04. The number of carbonyl (C=O) groups excluding carboxylic acids is 1. The summed E-state index contributed by atoms with van der Waals surface area (Å²) in [5.41, 5.74) is -3.54. The Hall–Kier alpha value is -3.01. The molecule has 2 aromatic carbocycles. The van der Waals surface area contributed by atoms with Crippen LogP contribution in [-0.2, 0) is 12.4 Å². The average molecular weight is 431 g/mol. The second-order valence-corrected chi connectivity index (χ2v) is 6.91. The van der Waals surface area contributed by atoms with E-state index < -0.39 is 40.8 Å². The number of rotatable bonds is 3. The van der Waals surface area contributed by atoms with Crippen LogP contribution >= 0.6 is 11.3 Å². The lowest BCUT2D eigenvalue weighted by atomic mass is 10.1. The molecular formula is C19H11F6NO2S. The van der Waals surface area contributed by atoms with Crippen molar-refractivity contribution in [2.24, 2.45) is 0 Å². The highest BCUT2D eigenvalue weighted by molar-refractivity contribution is 7.13. The summed E-state index contributed by atoms with van der Waals surface area (Å²) in [7, 11) is 0. The van der Waals surface area contributed by atoms with Crippen LogP contribution in [0.3, 0.4) is 0 Å². The van der Waals surface area contributed by atoms with Crippen LogP contribution < -0.4 is 5.32 Å². The van der Waals surface area contributed by atoms with Gasteiger partial charge in [-0.2, -0.15) is 26.3 Å². The van der Waals surface area contributed by atoms with Gasteiger partial charge >= 0.3 is 12.4 Å². The molecule has 3 aromatic rings. The predicted molar refractivity (Wildman–Crippen MR) is 95.8 cm³/mol. The number of phenols is 1. The van der Waals surface area contributed by atoms with Gasteiger partial charge in [0.05, 0.1) is 16.7 Å². The van der Waals surface area contributed by atoms with Crippen molar-refractivity contribution in [3.8, 4) is 16.2 Å². The zero-order valence-corrected chi connectivity index (χ0v) is 15.0. The Bertz CT molecular complexity index is 1010. The number of nitrogens with one attached hydrogen (secondary N) is 1. The number of carbonyl (C=O) groups is 1. The maximum Gasteiger partial charge on any atom is 0.416 e. The van der Waals surface area contributed by atoms with E-state index >= 15 is 0 Å². The Labute approximate surface area is 164 Å². The molecule has 0 saturated carbocycles. The van der Waals surface area contributed by atoms with Crippen LogP contribution in [0.2, 0.25) is 0 Å². The molecule has 0 fully saturated rings. The SMILES string of the molecule is O=C(Nc1cc(C(F)(F)F)cc(C(F)(F)F)c1)c1cc(-c2cccs2)ccc1O. The van der Waals surface area contributed by atoms with Gasteiger partial charge in [-0.05, 0) is 53.4 Å². The molecule has 0 aliphatic carbocycles. The van der Waals surface area contributed by atoms with Crippen LogP contribution in [0, 0.1) is 0 Å². The smallest absolute Gasteiger partial charge is 0.416 e. The molecule has 0 aliphatic rings. The number of alkyl halides is 6. The van der Waals surface area contributed by atoms with Gasteiger partial charge in [0.2, 0.25) is 0 Å². The van der Waals surface area contributed by atoms with E-state index in [0.29, 0.717) is 17.7 Å². The van der Waals surface area contributed by atoms with Gasteiger partial charge in [-0.25, -0.2) is 0 Å². The minimum absolute atomic E-state index is 0.0372. The van der Waals surface area contributed by atoms with Gasteiger partial charge in [0.15, 0.2) is 0 Å². The van der Waals surface area contributed by atoms with Crippen LogP contribution in [0.15, 0.2) is 53.9 Å². The summed E-state index contributed by atoms with van der Waals surface area (Å²) in [6.45, 7) is 0.